The lowest BCUT2D eigenvalue weighted by atomic mass is 9.89. The Morgan fingerprint density at radius 2 is 1.95 bits per heavy atom. The minimum atomic E-state index is 0.545. The third kappa shape index (κ3) is 3.44. The Balaban J connectivity index is 1.54. The topological polar surface area (TPSA) is 67.5 Å². The second-order valence-electron chi connectivity index (χ2n) is 5.99. The molecular weight excluding hydrogens is 266 g/mol. The molecule has 0 radical (unpaired) electrons. The van der Waals surface area contributed by atoms with Gasteiger partial charge in [0.05, 0.1) is 13.2 Å². The molecule has 1 aromatic heterocycles. The van der Waals surface area contributed by atoms with Crippen molar-refractivity contribution in [1.82, 2.24) is 14.9 Å². The third-order valence-electron chi connectivity index (χ3n) is 4.79. The summed E-state index contributed by atoms with van der Waals surface area (Å²) in [6.07, 6.45) is 4.12. The van der Waals surface area contributed by atoms with E-state index in [0.29, 0.717) is 11.9 Å². The number of piperidine rings is 1. The van der Waals surface area contributed by atoms with Gasteiger partial charge in [-0.3, -0.25) is 4.90 Å². The van der Waals surface area contributed by atoms with E-state index in [1.54, 1.807) is 12.3 Å². The Morgan fingerprint density at radius 1 is 1.24 bits per heavy atom. The fourth-order valence-corrected chi connectivity index (χ4v) is 3.38. The minimum Gasteiger partial charge on any atom is -0.384 e. The summed E-state index contributed by atoms with van der Waals surface area (Å²) >= 11 is 0. The normalized spacial score (nSPS) is 23.2. The van der Waals surface area contributed by atoms with Crippen molar-refractivity contribution in [3.05, 3.63) is 12.3 Å². The molecule has 0 unspecified atom stereocenters. The molecule has 0 aromatic carbocycles. The average Bonchev–Trinajstić information content (AvgIpc) is 2.55. The maximum atomic E-state index is 5.74. The van der Waals surface area contributed by atoms with E-state index in [9.17, 15) is 0 Å². The van der Waals surface area contributed by atoms with E-state index in [-0.39, 0.29) is 0 Å². The van der Waals surface area contributed by atoms with Crippen LogP contribution in [0, 0.1) is 5.92 Å². The predicted octanol–water partition coefficient (Wildman–Crippen LogP) is 0.996. The molecule has 2 fully saturated rings. The van der Waals surface area contributed by atoms with Crippen LogP contribution in [0.2, 0.25) is 0 Å². The summed E-state index contributed by atoms with van der Waals surface area (Å²) in [6.45, 7) is 8.29. The maximum absolute atomic E-state index is 5.74. The summed E-state index contributed by atoms with van der Waals surface area (Å²) in [5.41, 5.74) is 5.74. The van der Waals surface area contributed by atoms with E-state index in [4.69, 9.17) is 10.5 Å². The second-order valence-corrected chi connectivity index (χ2v) is 5.99. The molecule has 0 bridgehead atoms. The molecular formula is C15H25N5O. The smallest absolute Gasteiger partial charge is 0.227 e. The predicted molar refractivity (Wildman–Crippen MR) is 83.2 cm³/mol. The van der Waals surface area contributed by atoms with Gasteiger partial charge in [0.25, 0.3) is 0 Å². The van der Waals surface area contributed by atoms with Crippen LogP contribution in [0.3, 0.4) is 0 Å². The number of nitrogens with two attached hydrogens (primary N) is 1. The molecule has 21 heavy (non-hydrogen) atoms. The molecule has 6 heteroatoms. The SMILES string of the molecule is C[C@@H](C1CCN(c2nccc(N)n2)CC1)N1CCOCC1. The molecule has 0 spiro atoms. The zero-order chi connectivity index (χ0) is 14.7. The third-order valence-corrected chi connectivity index (χ3v) is 4.79. The Hall–Kier alpha value is -1.40. The second kappa shape index (κ2) is 6.58. The Morgan fingerprint density at radius 3 is 2.62 bits per heavy atom. The molecule has 116 valence electrons. The van der Waals surface area contributed by atoms with Crippen molar-refractivity contribution in [2.75, 3.05) is 50.0 Å². The van der Waals surface area contributed by atoms with E-state index in [2.05, 4.69) is 26.7 Å². The van der Waals surface area contributed by atoms with E-state index < -0.39 is 0 Å². The summed E-state index contributed by atoms with van der Waals surface area (Å²) in [4.78, 5) is 13.5. The number of morpholine rings is 1. The largest absolute Gasteiger partial charge is 0.384 e. The highest BCUT2D eigenvalue weighted by Crippen LogP contribution is 2.26. The van der Waals surface area contributed by atoms with Crippen LogP contribution in [0.25, 0.3) is 0 Å². The van der Waals surface area contributed by atoms with Crippen molar-refractivity contribution in [2.24, 2.45) is 5.92 Å². The first-order valence-corrected chi connectivity index (χ1v) is 7.89. The number of ether oxygens (including phenoxy) is 1. The highest BCUT2D eigenvalue weighted by Gasteiger charge is 2.29. The average molecular weight is 291 g/mol. The molecule has 6 nitrogen and oxygen atoms in total. The quantitative estimate of drug-likeness (QED) is 0.896. The monoisotopic (exact) mass is 291 g/mol. The standard InChI is InChI=1S/C15H25N5O/c1-12(19-8-10-21-11-9-19)13-3-6-20(7-4-13)15-17-5-2-14(16)18-15/h2,5,12-13H,3-4,6-11H2,1H3,(H2,16,17,18)/t12-/m0/s1. The fourth-order valence-electron chi connectivity index (χ4n) is 3.38. The fraction of sp³-hybridized carbons (Fsp3) is 0.733. The lowest BCUT2D eigenvalue weighted by molar-refractivity contribution is 0.00446. The zero-order valence-corrected chi connectivity index (χ0v) is 12.7. The number of rotatable bonds is 3. The van der Waals surface area contributed by atoms with Gasteiger partial charge >= 0.3 is 0 Å². The summed E-state index contributed by atoms with van der Waals surface area (Å²) in [7, 11) is 0. The highest BCUT2D eigenvalue weighted by atomic mass is 16.5. The number of nitrogen functional groups attached to an aromatic ring is 1. The molecule has 2 N–H and O–H groups in total. The number of hydrogen-bond acceptors (Lipinski definition) is 6. The number of hydrogen-bond donors (Lipinski definition) is 1. The minimum absolute atomic E-state index is 0.545. The molecule has 0 amide bonds. The zero-order valence-electron chi connectivity index (χ0n) is 12.7. The van der Waals surface area contributed by atoms with Gasteiger partial charge in [0, 0.05) is 38.4 Å². The van der Waals surface area contributed by atoms with Crippen LogP contribution in [0.5, 0.6) is 0 Å². The van der Waals surface area contributed by atoms with Gasteiger partial charge in [-0.1, -0.05) is 0 Å². The van der Waals surface area contributed by atoms with Crippen molar-refractivity contribution < 1.29 is 4.74 Å². The number of nitrogens with zero attached hydrogens (tertiary/aromatic N) is 4. The van der Waals surface area contributed by atoms with Crippen LogP contribution < -0.4 is 10.6 Å². The summed E-state index contributed by atoms with van der Waals surface area (Å²) in [5.74, 6) is 2.07. The van der Waals surface area contributed by atoms with Crippen LogP contribution >= 0.6 is 0 Å². The summed E-state index contributed by atoms with van der Waals surface area (Å²) < 4.78 is 5.45. The molecule has 1 aromatic rings. The Labute approximate surface area is 126 Å². The van der Waals surface area contributed by atoms with Gasteiger partial charge in [-0.2, -0.15) is 4.98 Å². The van der Waals surface area contributed by atoms with Gasteiger partial charge < -0.3 is 15.4 Å². The van der Waals surface area contributed by atoms with Gasteiger partial charge in [0.1, 0.15) is 5.82 Å². The van der Waals surface area contributed by atoms with Crippen LogP contribution in [0.15, 0.2) is 12.3 Å². The van der Waals surface area contributed by atoms with E-state index in [1.165, 1.54) is 12.8 Å². The van der Waals surface area contributed by atoms with Crippen molar-refractivity contribution in [3.8, 4) is 0 Å². The van der Waals surface area contributed by atoms with Gasteiger partial charge in [-0.05, 0) is 31.7 Å². The molecule has 2 saturated heterocycles. The molecule has 3 rings (SSSR count). The van der Waals surface area contributed by atoms with Gasteiger partial charge in [-0.25, -0.2) is 4.98 Å². The molecule has 3 heterocycles. The first kappa shape index (κ1) is 14.5. The van der Waals surface area contributed by atoms with Crippen molar-refractivity contribution in [2.45, 2.75) is 25.8 Å². The van der Waals surface area contributed by atoms with Crippen LogP contribution in [0.4, 0.5) is 11.8 Å². The van der Waals surface area contributed by atoms with Gasteiger partial charge in [0.2, 0.25) is 5.95 Å². The molecule has 0 aliphatic carbocycles. The molecule has 1 atom stereocenters. The molecule has 2 aliphatic heterocycles. The van der Waals surface area contributed by atoms with E-state index in [0.717, 1.165) is 51.3 Å². The first-order chi connectivity index (χ1) is 10.2. The van der Waals surface area contributed by atoms with E-state index >= 15 is 0 Å². The van der Waals surface area contributed by atoms with Crippen LogP contribution in [-0.2, 0) is 4.74 Å². The Bertz CT molecular complexity index is 455. The number of aromatic nitrogens is 2. The first-order valence-electron chi connectivity index (χ1n) is 7.89. The van der Waals surface area contributed by atoms with E-state index in [1.807, 2.05) is 0 Å². The number of anilines is 2. The van der Waals surface area contributed by atoms with Crippen molar-refractivity contribution >= 4 is 11.8 Å². The molecule has 0 saturated carbocycles. The highest BCUT2D eigenvalue weighted by molar-refractivity contribution is 5.37. The molecule has 2 aliphatic rings. The maximum Gasteiger partial charge on any atom is 0.227 e. The summed E-state index contributed by atoms with van der Waals surface area (Å²) in [6, 6.07) is 2.37. The van der Waals surface area contributed by atoms with Crippen molar-refractivity contribution in [1.29, 1.82) is 0 Å². The summed E-state index contributed by atoms with van der Waals surface area (Å²) in [5, 5.41) is 0. The lowest BCUT2D eigenvalue weighted by Crippen LogP contribution is -2.48. The van der Waals surface area contributed by atoms with Crippen LogP contribution in [-0.4, -0.2) is 60.3 Å². The van der Waals surface area contributed by atoms with Gasteiger partial charge in [-0.15, -0.1) is 0 Å². The van der Waals surface area contributed by atoms with Crippen LogP contribution in [0.1, 0.15) is 19.8 Å². The van der Waals surface area contributed by atoms with Gasteiger partial charge in [0.15, 0.2) is 0 Å². The van der Waals surface area contributed by atoms with Crippen molar-refractivity contribution in [3.63, 3.8) is 0 Å². The lowest BCUT2D eigenvalue weighted by Gasteiger charge is -2.41. The Kier molecular flexibility index (Phi) is 4.55.